The van der Waals surface area contributed by atoms with Crippen molar-refractivity contribution in [2.75, 3.05) is 6.54 Å². The van der Waals surface area contributed by atoms with Gasteiger partial charge in [-0.1, -0.05) is 37.6 Å². The first-order valence-corrected chi connectivity index (χ1v) is 10.2. The minimum absolute atomic E-state index is 0.0491. The number of likely N-dealkylation sites (tertiary alicyclic amines) is 1. The molecule has 0 spiro atoms. The lowest BCUT2D eigenvalue weighted by atomic mass is 10.0. The van der Waals surface area contributed by atoms with Gasteiger partial charge in [-0.15, -0.1) is 11.3 Å². The number of aryl methyl sites for hydroxylation is 1. The molecule has 1 N–H and O–H groups in total. The summed E-state index contributed by atoms with van der Waals surface area (Å²) in [6.07, 6.45) is 4.82. The van der Waals surface area contributed by atoms with Gasteiger partial charge in [0, 0.05) is 19.1 Å². The van der Waals surface area contributed by atoms with Crippen molar-refractivity contribution in [3.63, 3.8) is 0 Å². The molecule has 1 fully saturated rings. The van der Waals surface area contributed by atoms with Gasteiger partial charge >= 0.3 is 0 Å². The molecule has 3 nitrogen and oxygen atoms in total. The summed E-state index contributed by atoms with van der Waals surface area (Å²) in [5.41, 5.74) is 3.69. The van der Waals surface area contributed by atoms with E-state index in [1.54, 1.807) is 0 Å². The van der Waals surface area contributed by atoms with Crippen LogP contribution in [0, 0.1) is 0 Å². The minimum atomic E-state index is 0.0491. The molecule has 0 aliphatic carbocycles. The first-order valence-electron chi connectivity index (χ1n) is 9.34. The average Bonchev–Trinajstić information content (AvgIpc) is 3.11. The van der Waals surface area contributed by atoms with Crippen molar-refractivity contribution >= 4 is 17.2 Å². The highest BCUT2D eigenvalue weighted by atomic mass is 32.1. The Hall–Kier alpha value is -1.65. The molecule has 3 rings (SSSR count). The van der Waals surface area contributed by atoms with E-state index in [0.717, 1.165) is 23.4 Å². The molecule has 0 bridgehead atoms. The van der Waals surface area contributed by atoms with Gasteiger partial charge in [-0.05, 0) is 60.9 Å². The highest BCUT2D eigenvalue weighted by Gasteiger charge is 2.19. The van der Waals surface area contributed by atoms with Gasteiger partial charge in [-0.2, -0.15) is 0 Å². The van der Waals surface area contributed by atoms with E-state index in [0.29, 0.717) is 12.6 Å². The van der Waals surface area contributed by atoms with Crippen molar-refractivity contribution in [2.24, 2.45) is 0 Å². The van der Waals surface area contributed by atoms with E-state index in [9.17, 15) is 4.79 Å². The Balaban J connectivity index is 1.65. The predicted molar refractivity (Wildman–Crippen MR) is 105 cm³/mol. The van der Waals surface area contributed by atoms with Crippen LogP contribution in [0.2, 0.25) is 0 Å². The maximum atomic E-state index is 12.5. The van der Waals surface area contributed by atoms with Crippen LogP contribution < -0.4 is 5.32 Å². The summed E-state index contributed by atoms with van der Waals surface area (Å²) < 4.78 is 0. The number of carbonyl (C=O) groups is 1. The lowest BCUT2D eigenvalue weighted by Crippen LogP contribution is -2.37. The van der Waals surface area contributed by atoms with Gasteiger partial charge in [0.15, 0.2) is 0 Å². The van der Waals surface area contributed by atoms with Gasteiger partial charge in [0.05, 0.1) is 4.88 Å². The number of piperidine rings is 1. The maximum absolute atomic E-state index is 12.5. The number of amides is 1. The van der Waals surface area contributed by atoms with Gasteiger partial charge in [0.25, 0.3) is 5.91 Å². The maximum Gasteiger partial charge on any atom is 0.261 e. The zero-order valence-electron chi connectivity index (χ0n) is 15.3. The van der Waals surface area contributed by atoms with Crippen molar-refractivity contribution in [3.8, 4) is 0 Å². The summed E-state index contributed by atoms with van der Waals surface area (Å²) in [6.45, 7) is 7.17. The molecule has 1 aromatic carbocycles. The molecule has 2 heterocycles. The SMILES string of the molecule is CCc1ccsc1C(=O)NCc1ccccc1CN1CCCCC1C. The molecule has 134 valence electrons. The number of benzene rings is 1. The minimum Gasteiger partial charge on any atom is -0.347 e. The van der Waals surface area contributed by atoms with E-state index in [4.69, 9.17) is 0 Å². The number of thiophene rings is 1. The molecule has 1 amide bonds. The van der Waals surface area contributed by atoms with Crippen LogP contribution in [0.1, 0.15) is 59.5 Å². The summed E-state index contributed by atoms with van der Waals surface area (Å²) in [5.74, 6) is 0.0491. The molecule has 1 aromatic heterocycles. The van der Waals surface area contributed by atoms with Crippen molar-refractivity contribution in [2.45, 2.75) is 58.7 Å². The Labute approximate surface area is 155 Å². The Kier molecular flexibility index (Phi) is 6.27. The molecular weight excluding hydrogens is 328 g/mol. The van der Waals surface area contributed by atoms with Crippen LogP contribution in [-0.4, -0.2) is 23.4 Å². The highest BCUT2D eigenvalue weighted by molar-refractivity contribution is 7.12. The number of hydrogen-bond acceptors (Lipinski definition) is 3. The Morgan fingerprint density at radius 2 is 2.00 bits per heavy atom. The topological polar surface area (TPSA) is 32.3 Å². The summed E-state index contributed by atoms with van der Waals surface area (Å²) >= 11 is 1.53. The van der Waals surface area contributed by atoms with Crippen LogP contribution in [0.25, 0.3) is 0 Å². The van der Waals surface area contributed by atoms with E-state index < -0.39 is 0 Å². The van der Waals surface area contributed by atoms with Gasteiger partial charge in [-0.3, -0.25) is 9.69 Å². The second-order valence-electron chi connectivity index (χ2n) is 6.90. The van der Waals surface area contributed by atoms with Crippen molar-refractivity contribution in [1.29, 1.82) is 0 Å². The molecule has 4 heteroatoms. The van der Waals surface area contributed by atoms with E-state index in [1.165, 1.54) is 48.3 Å². The van der Waals surface area contributed by atoms with E-state index in [-0.39, 0.29) is 5.91 Å². The summed E-state index contributed by atoms with van der Waals surface area (Å²) in [4.78, 5) is 15.9. The van der Waals surface area contributed by atoms with E-state index >= 15 is 0 Å². The molecule has 25 heavy (non-hydrogen) atoms. The zero-order valence-corrected chi connectivity index (χ0v) is 16.1. The van der Waals surface area contributed by atoms with Crippen LogP contribution in [0.3, 0.4) is 0 Å². The summed E-state index contributed by atoms with van der Waals surface area (Å²) in [5, 5.41) is 5.12. The third kappa shape index (κ3) is 4.50. The number of nitrogens with one attached hydrogen (secondary N) is 1. The fraction of sp³-hybridized carbons (Fsp3) is 0.476. The van der Waals surface area contributed by atoms with Gasteiger partial charge in [-0.25, -0.2) is 0 Å². The number of nitrogens with zero attached hydrogens (tertiary/aromatic N) is 1. The number of rotatable bonds is 6. The molecule has 2 aromatic rings. The van der Waals surface area contributed by atoms with Crippen LogP contribution in [0.5, 0.6) is 0 Å². The van der Waals surface area contributed by atoms with Crippen LogP contribution in [0.15, 0.2) is 35.7 Å². The number of carbonyl (C=O) groups excluding carboxylic acids is 1. The van der Waals surface area contributed by atoms with Crippen LogP contribution >= 0.6 is 11.3 Å². The molecule has 1 saturated heterocycles. The molecule has 0 radical (unpaired) electrons. The van der Waals surface area contributed by atoms with Crippen LogP contribution in [0.4, 0.5) is 0 Å². The normalized spacial score (nSPS) is 18.2. The van der Waals surface area contributed by atoms with Crippen molar-refractivity contribution in [1.82, 2.24) is 10.2 Å². The fourth-order valence-electron chi connectivity index (χ4n) is 3.56. The molecular formula is C21H28N2OS. The average molecular weight is 357 g/mol. The lowest BCUT2D eigenvalue weighted by molar-refractivity contribution is 0.0953. The van der Waals surface area contributed by atoms with Gasteiger partial charge < -0.3 is 5.32 Å². The van der Waals surface area contributed by atoms with E-state index in [1.807, 2.05) is 11.4 Å². The van der Waals surface area contributed by atoms with Crippen molar-refractivity contribution < 1.29 is 4.79 Å². The second kappa shape index (κ2) is 8.63. The van der Waals surface area contributed by atoms with Gasteiger partial charge in [0.1, 0.15) is 0 Å². The first kappa shape index (κ1) is 18.2. The lowest BCUT2D eigenvalue weighted by Gasteiger charge is -2.33. The first-order chi connectivity index (χ1) is 12.2. The number of hydrogen-bond donors (Lipinski definition) is 1. The highest BCUT2D eigenvalue weighted by Crippen LogP contribution is 2.21. The molecule has 1 aliphatic heterocycles. The third-order valence-electron chi connectivity index (χ3n) is 5.21. The standard InChI is InChI=1S/C21H28N2OS/c1-3-17-11-13-25-20(17)21(24)22-14-18-9-4-5-10-19(18)15-23-12-7-6-8-16(23)2/h4-5,9-11,13,16H,3,6-8,12,14-15H2,1-2H3,(H,22,24). The zero-order chi connectivity index (χ0) is 17.6. The largest absolute Gasteiger partial charge is 0.347 e. The quantitative estimate of drug-likeness (QED) is 0.819. The van der Waals surface area contributed by atoms with Crippen LogP contribution in [-0.2, 0) is 19.5 Å². The smallest absolute Gasteiger partial charge is 0.261 e. The predicted octanol–water partition coefficient (Wildman–Crippen LogP) is 4.61. The van der Waals surface area contributed by atoms with Gasteiger partial charge in [0.2, 0.25) is 0 Å². The summed E-state index contributed by atoms with van der Waals surface area (Å²) in [6, 6.07) is 11.2. The monoisotopic (exact) mass is 356 g/mol. The third-order valence-corrected chi connectivity index (χ3v) is 6.16. The molecule has 1 atom stereocenters. The second-order valence-corrected chi connectivity index (χ2v) is 7.81. The Bertz CT molecular complexity index is 709. The Morgan fingerprint density at radius 3 is 2.76 bits per heavy atom. The fourth-order valence-corrected chi connectivity index (χ4v) is 4.48. The molecule has 1 unspecified atom stereocenters. The molecule has 1 aliphatic rings. The molecule has 0 saturated carbocycles. The Morgan fingerprint density at radius 1 is 1.20 bits per heavy atom. The summed E-state index contributed by atoms with van der Waals surface area (Å²) in [7, 11) is 0. The van der Waals surface area contributed by atoms with Crippen molar-refractivity contribution in [3.05, 3.63) is 57.3 Å². The van der Waals surface area contributed by atoms with E-state index in [2.05, 4.69) is 48.3 Å².